The molecule has 3 rings (SSSR count). The fourth-order valence-electron chi connectivity index (χ4n) is 2.91. The molecular weight excluding hydrogens is 465 g/mol. The van der Waals surface area contributed by atoms with Gasteiger partial charge in [0.05, 0.1) is 30.5 Å². The molecular formula is C24H21Cl2N3O4. The topological polar surface area (TPSA) is 89.0 Å². The Morgan fingerprint density at radius 1 is 0.818 bits per heavy atom. The van der Waals surface area contributed by atoms with Crippen molar-refractivity contribution in [3.8, 4) is 11.5 Å². The molecule has 0 aliphatic carbocycles. The molecule has 0 aromatic heterocycles. The van der Waals surface area contributed by atoms with Gasteiger partial charge in [0.1, 0.15) is 0 Å². The van der Waals surface area contributed by atoms with Crippen molar-refractivity contribution in [2.45, 2.75) is 6.92 Å². The van der Waals surface area contributed by atoms with Gasteiger partial charge in [-0.2, -0.15) is 5.10 Å². The molecule has 0 unspecified atom stereocenters. The summed E-state index contributed by atoms with van der Waals surface area (Å²) in [6, 6.07) is 16.5. The molecule has 0 aliphatic rings. The quantitative estimate of drug-likeness (QED) is 0.345. The zero-order chi connectivity index (χ0) is 24.0. The van der Waals surface area contributed by atoms with Crippen LogP contribution in [0.2, 0.25) is 10.0 Å². The van der Waals surface area contributed by atoms with Crippen molar-refractivity contribution < 1.29 is 19.1 Å². The van der Waals surface area contributed by atoms with Crippen molar-refractivity contribution in [1.82, 2.24) is 5.43 Å². The summed E-state index contributed by atoms with van der Waals surface area (Å²) in [4.78, 5) is 24.9. The van der Waals surface area contributed by atoms with Crippen LogP contribution in [-0.4, -0.2) is 31.7 Å². The summed E-state index contributed by atoms with van der Waals surface area (Å²) in [5, 5.41) is 7.65. The Morgan fingerprint density at radius 3 is 2.12 bits per heavy atom. The molecule has 2 amide bonds. The van der Waals surface area contributed by atoms with Crippen molar-refractivity contribution in [1.29, 1.82) is 0 Å². The maximum atomic E-state index is 12.4. The van der Waals surface area contributed by atoms with E-state index < -0.39 is 0 Å². The van der Waals surface area contributed by atoms with Gasteiger partial charge in [-0.05, 0) is 61.0 Å². The molecule has 0 atom stereocenters. The summed E-state index contributed by atoms with van der Waals surface area (Å²) in [7, 11) is 3.02. The number of carbonyl (C=O) groups excluding carboxylic acids is 2. The number of rotatable bonds is 7. The molecule has 0 saturated carbocycles. The van der Waals surface area contributed by atoms with Crippen LogP contribution < -0.4 is 20.2 Å². The Balaban J connectivity index is 1.65. The van der Waals surface area contributed by atoms with Gasteiger partial charge in [-0.3, -0.25) is 9.59 Å². The number of amides is 2. The first-order valence-corrected chi connectivity index (χ1v) is 10.5. The summed E-state index contributed by atoms with van der Waals surface area (Å²) >= 11 is 12.0. The van der Waals surface area contributed by atoms with Crippen LogP contribution in [0.5, 0.6) is 11.5 Å². The molecule has 0 fully saturated rings. The number of halogens is 2. The van der Waals surface area contributed by atoms with Crippen molar-refractivity contribution >= 4 is 46.4 Å². The lowest BCUT2D eigenvalue weighted by atomic mass is 10.1. The summed E-state index contributed by atoms with van der Waals surface area (Å²) in [6.45, 7) is 1.76. The van der Waals surface area contributed by atoms with E-state index in [9.17, 15) is 9.59 Å². The van der Waals surface area contributed by atoms with Gasteiger partial charge in [-0.25, -0.2) is 5.43 Å². The second kappa shape index (κ2) is 10.8. The van der Waals surface area contributed by atoms with Crippen molar-refractivity contribution in [3.63, 3.8) is 0 Å². The molecule has 0 saturated heterocycles. The van der Waals surface area contributed by atoms with Gasteiger partial charge in [0, 0.05) is 16.3 Å². The fraction of sp³-hybridized carbons (Fsp3) is 0.125. The maximum absolute atomic E-state index is 12.4. The SMILES string of the molecule is COc1ccc(C(=O)NN=C(C)c2ccc(NC(=O)c3ccc(Cl)cc3Cl)cc2)cc1OC. The van der Waals surface area contributed by atoms with Crippen LogP contribution >= 0.6 is 23.2 Å². The third-order valence-corrected chi connectivity index (χ3v) is 5.25. The zero-order valence-corrected chi connectivity index (χ0v) is 19.6. The van der Waals surface area contributed by atoms with Gasteiger partial charge in [0.15, 0.2) is 11.5 Å². The van der Waals surface area contributed by atoms with Crippen LogP contribution in [0.15, 0.2) is 65.8 Å². The molecule has 3 aromatic carbocycles. The number of anilines is 1. The van der Waals surface area contributed by atoms with E-state index in [4.69, 9.17) is 32.7 Å². The highest BCUT2D eigenvalue weighted by Crippen LogP contribution is 2.27. The molecule has 7 nitrogen and oxygen atoms in total. The fourth-order valence-corrected chi connectivity index (χ4v) is 3.40. The second-order valence-corrected chi connectivity index (χ2v) is 7.71. The number of hydrazone groups is 1. The first-order chi connectivity index (χ1) is 15.8. The molecule has 170 valence electrons. The Kier molecular flexibility index (Phi) is 7.92. The van der Waals surface area contributed by atoms with E-state index in [-0.39, 0.29) is 16.8 Å². The summed E-state index contributed by atoms with van der Waals surface area (Å²) in [5.74, 6) is 0.235. The highest BCUT2D eigenvalue weighted by atomic mass is 35.5. The van der Waals surface area contributed by atoms with E-state index in [0.717, 1.165) is 5.56 Å². The normalized spacial score (nSPS) is 11.0. The Labute approximate surface area is 201 Å². The highest BCUT2D eigenvalue weighted by molar-refractivity contribution is 6.37. The van der Waals surface area contributed by atoms with Gasteiger partial charge in [0.25, 0.3) is 11.8 Å². The van der Waals surface area contributed by atoms with Crippen molar-refractivity contribution in [3.05, 3.63) is 87.4 Å². The van der Waals surface area contributed by atoms with Crippen LogP contribution in [0, 0.1) is 0 Å². The van der Waals surface area contributed by atoms with Crippen LogP contribution in [0.4, 0.5) is 5.69 Å². The molecule has 0 aliphatic heterocycles. The predicted molar refractivity (Wildman–Crippen MR) is 130 cm³/mol. The van der Waals surface area contributed by atoms with E-state index in [2.05, 4.69) is 15.8 Å². The summed E-state index contributed by atoms with van der Waals surface area (Å²) < 4.78 is 10.4. The Hall–Kier alpha value is -3.55. The number of nitrogens with zero attached hydrogens (tertiary/aromatic N) is 1. The van der Waals surface area contributed by atoms with E-state index in [1.165, 1.54) is 20.3 Å². The van der Waals surface area contributed by atoms with E-state index in [1.54, 1.807) is 61.5 Å². The van der Waals surface area contributed by atoms with E-state index in [1.807, 2.05) is 0 Å². The van der Waals surface area contributed by atoms with Crippen molar-refractivity contribution in [2.75, 3.05) is 19.5 Å². The molecule has 3 aromatic rings. The Bertz CT molecular complexity index is 1210. The first-order valence-electron chi connectivity index (χ1n) is 9.76. The highest BCUT2D eigenvalue weighted by Gasteiger charge is 2.12. The number of ether oxygens (including phenoxy) is 2. The lowest BCUT2D eigenvalue weighted by Gasteiger charge is -2.09. The van der Waals surface area contributed by atoms with Gasteiger partial charge in [0.2, 0.25) is 0 Å². The monoisotopic (exact) mass is 485 g/mol. The van der Waals surface area contributed by atoms with Crippen LogP contribution in [0.1, 0.15) is 33.2 Å². The third-order valence-electron chi connectivity index (χ3n) is 4.71. The third kappa shape index (κ3) is 6.03. The van der Waals surface area contributed by atoms with Crippen LogP contribution in [-0.2, 0) is 0 Å². The minimum atomic E-state index is -0.390. The number of carbonyl (C=O) groups is 2. The van der Waals surface area contributed by atoms with Gasteiger partial charge in [-0.1, -0.05) is 35.3 Å². The molecule has 0 bridgehead atoms. The van der Waals surface area contributed by atoms with E-state index in [0.29, 0.717) is 39.0 Å². The van der Waals surface area contributed by atoms with Crippen LogP contribution in [0.3, 0.4) is 0 Å². The second-order valence-electron chi connectivity index (χ2n) is 6.86. The first kappa shape index (κ1) is 24.1. The Morgan fingerprint density at radius 2 is 1.48 bits per heavy atom. The average Bonchev–Trinajstić information content (AvgIpc) is 2.82. The number of nitrogens with one attached hydrogen (secondary N) is 2. The average molecular weight is 486 g/mol. The smallest absolute Gasteiger partial charge is 0.271 e. The summed E-state index contributed by atoms with van der Waals surface area (Å²) in [6.07, 6.45) is 0. The number of methoxy groups -OCH3 is 2. The molecule has 0 spiro atoms. The molecule has 0 heterocycles. The zero-order valence-electron chi connectivity index (χ0n) is 18.1. The molecule has 0 radical (unpaired) electrons. The minimum absolute atomic E-state index is 0.268. The molecule has 2 N–H and O–H groups in total. The van der Waals surface area contributed by atoms with Gasteiger partial charge in [-0.15, -0.1) is 0 Å². The standard InChI is InChI=1S/C24H21Cl2N3O4/c1-14(28-29-23(30)16-6-11-21(32-2)22(12-16)33-3)15-4-8-18(9-5-15)27-24(31)19-10-7-17(25)13-20(19)26/h4-13H,1-3H3,(H,27,31)(H,29,30). The van der Waals surface area contributed by atoms with Gasteiger partial charge >= 0.3 is 0 Å². The van der Waals surface area contributed by atoms with Crippen LogP contribution in [0.25, 0.3) is 0 Å². The predicted octanol–water partition coefficient (Wildman–Crippen LogP) is 5.42. The van der Waals surface area contributed by atoms with Gasteiger partial charge < -0.3 is 14.8 Å². The largest absolute Gasteiger partial charge is 0.493 e. The number of hydrogen-bond donors (Lipinski definition) is 2. The molecule has 9 heteroatoms. The van der Waals surface area contributed by atoms with Crippen molar-refractivity contribution in [2.24, 2.45) is 5.10 Å². The minimum Gasteiger partial charge on any atom is -0.493 e. The lowest BCUT2D eigenvalue weighted by molar-refractivity contribution is 0.0953. The van der Waals surface area contributed by atoms with E-state index >= 15 is 0 Å². The maximum Gasteiger partial charge on any atom is 0.271 e. The number of benzene rings is 3. The molecule has 33 heavy (non-hydrogen) atoms. The summed E-state index contributed by atoms with van der Waals surface area (Å²) in [5.41, 5.74) is 5.16. The number of hydrogen-bond acceptors (Lipinski definition) is 5. The lowest BCUT2D eigenvalue weighted by Crippen LogP contribution is -2.19.